The number of fused-ring (bicyclic) bond motifs is 1. The van der Waals surface area contributed by atoms with Crippen LogP contribution in [-0.4, -0.2) is 21.9 Å². The van der Waals surface area contributed by atoms with Crippen LogP contribution in [0.1, 0.15) is 32.1 Å². The number of hydrogen-bond donors (Lipinski definition) is 2. The second kappa shape index (κ2) is 2.97. The summed E-state index contributed by atoms with van der Waals surface area (Å²) in [6.45, 7) is 0. The summed E-state index contributed by atoms with van der Waals surface area (Å²) in [6, 6.07) is 1.99. The first-order valence-corrected chi connectivity index (χ1v) is 4.95. The summed E-state index contributed by atoms with van der Waals surface area (Å²) >= 11 is 0. The smallest absolute Gasteiger partial charge is 0.151 e. The fraction of sp³-hybridized carbons (Fsp3) is 0.900. The standard InChI is InChI=1S/C10H15NO2/c11-6-10(13)4-7-1-2-9(12)3-8(7)5-10/h7-9,12-13H,1-5H2. The van der Waals surface area contributed by atoms with Gasteiger partial charge in [0.15, 0.2) is 5.60 Å². The largest absolute Gasteiger partial charge is 0.393 e. The summed E-state index contributed by atoms with van der Waals surface area (Å²) in [7, 11) is 0. The van der Waals surface area contributed by atoms with E-state index < -0.39 is 5.60 Å². The molecule has 2 N–H and O–H groups in total. The molecule has 0 saturated heterocycles. The zero-order valence-corrected chi connectivity index (χ0v) is 7.61. The fourth-order valence-electron chi connectivity index (χ4n) is 2.86. The van der Waals surface area contributed by atoms with Crippen LogP contribution in [0, 0.1) is 23.2 Å². The molecule has 2 rings (SSSR count). The molecule has 0 aromatic heterocycles. The van der Waals surface area contributed by atoms with Crippen LogP contribution >= 0.6 is 0 Å². The minimum Gasteiger partial charge on any atom is -0.393 e. The Morgan fingerprint density at radius 1 is 1.23 bits per heavy atom. The summed E-state index contributed by atoms with van der Waals surface area (Å²) in [4.78, 5) is 0. The maximum Gasteiger partial charge on any atom is 0.151 e. The molecule has 13 heavy (non-hydrogen) atoms. The van der Waals surface area contributed by atoms with Crippen molar-refractivity contribution in [2.24, 2.45) is 11.8 Å². The van der Waals surface area contributed by atoms with Crippen molar-refractivity contribution in [1.82, 2.24) is 0 Å². The molecule has 0 aliphatic heterocycles. The summed E-state index contributed by atoms with van der Waals surface area (Å²) in [5.41, 5.74) is -1.10. The third-order valence-electron chi connectivity index (χ3n) is 3.52. The highest BCUT2D eigenvalue weighted by Gasteiger charge is 2.46. The van der Waals surface area contributed by atoms with Gasteiger partial charge in [-0.3, -0.25) is 0 Å². The van der Waals surface area contributed by atoms with Gasteiger partial charge < -0.3 is 10.2 Å². The first-order chi connectivity index (χ1) is 6.13. The summed E-state index contributed by atoms with van der Waals surface area (Å²) in [6.07, 6.45) is 3.54. The average molecular weight is 181 g/mol. The molecule has 4 unspecified atom stereocenters. The van der Waals surface area contributed by atoms with Crippen LogP contribution in [0.15, 0.2) is 0 Å². The molecular weight excluding hydrogens is 166 g/mol. The lowest BCUT2D eigenvalue weighted by Crippen LogP contribution is -2.23. The molecule has 0 heterocycles. The molecule has 2 saturated carbocycles. The van der Waals surface area contributed by atoms with Gasteiger partial charge in [-0.25, -0.2) is 0 Å². The van der Waals surface area contributed by atoms with E-state index in [0.717, 1.165) is 19.3 Å². The second-order valence-corrected chi connectivity index (χ2v) is 4.54. The van der Waals surface area contributed by atoms with Crippen molar-refractivity contribution in [3.8, 4) is 6.07 Å². The van der Waals surface area contributed by atoms with Crippen LogP contribution in [0.25, 0.3) is 0 Å². The maximum atomic E-state index is 9.77. The van der Waals surface area contributed by atoms with Crippen molar-refractivity contribution >= 4 is 0 Å². The Balaban J connectivity index is 2.07. The quantitative estimate of drug-likeness (QED) is 0.543. The molecule has 3 nitrogen and oxygen atoms in total. The van der Waals surface area contributed by atoms with E-state index in [1.807, 2.05) is 6.07 Å². The van der Waals surface area contributed by atoms with E-state index >= 15 is 0 Å². The molecule has 2 aliphatic carbocycles. The van der Waals surface area contributed by atoms with Gasteiger partial charge in [-0.05, 0) is 43.9 Å². The molecule has 0 spiro atoms. The monoisotopic (exact) mass is 181 g/mol. The fourth-order valence-corrected chi connectivity index (χ4v) is 2.86. The molecular formula is C10H15NO2. The van der Waals surface area contributed by atoms with Crippen LogP contribution in [0.5, 0.6) is 0 Å². The van der Waals surface area contributed by atoms with Gasteiger partial charge in [-0.2, -0.15) is 5.26 Å². The highest BCUT2D eigenvalue weighted by atomic mass is 16.3. The van der Waals surface area contributed by atoms with Gasteiger partial charge in [0.2, 0.25) is 0 Å². The summed E-state index contributed by atoms with van der Waals surface area (Å²) < 4.78 is 0. The van der Waals surface area contributed by atoms with Crippen LogP contribution in [-0.2, 0) is 0 Å². The molecule has 0 aromatic carbocycles. The van der Waals surface area contributed by atoms with E-state index in [1.54, 1.807) is 0 Å². The Hall–Kier alpha value is -0.590. The number of aliphatic hydroxyl groups is 2. The minimum atomic E-state index is -1.10. The molecule has 0 amide bonds. The number of rotatable bonds is 0. The Morgan fingerprint density at radius 3 is 2.62 bits per heavy atom. The van der Waals surface area contributed by atoms with Crippen molar-refractivity contribution in [2.45, 2.75) is 43.8 Å². The first kappa shape index (κ1) is 8.98. The molecule has 0 aromatic rings. The number of aliphatic hydroxyl groups excluding tert-OH is 1. The lowest BCUT2D eigenvalue weighted by atomic mass is 9.80. The third-order valence-corrected chi connectivity index (χ3v) is 3.52. The van der Waals surface area contributed by atoms with Crippen LogP contribution in [0.3, 0.4) is 0 Å². The van der Waals surface area contributed by atoms with Gasteiger partial charge in [0.05, 0.1) is 12.2 Å². The summed E-state index contributed by atoms with van der Waals surface area (Å²) in [5.74, 6) is 0.835. The molecule has 2 aliphatic rings. The Kier molecular flexibility index (Phi) is 2.05. The molecule has 4 atom stereocenters. The molecule has 0 radical (unpaired) electrons. The van der Waals surface area contributed by atoms with Crippen molar-refractivity contribution in [1.29, 1.82) is 5.26 Å². The molecule has 0 bridgehead atoms. The Bertz CT molecular complexity index is 248. The predicted molar refractivity (Wildman–Crippen MR) is 46.6 cm³/mol. The van der Waals surface area contributed by atoms with Gasteiger partial charge in [-0.15, -0.1) is 0 Å². The minimum absolute atomic E-state index is 0.206. The molecule has 72 valence electrons. The van der Waals surface area contributed by atoms with Gasteiger partial charge in [-0.1, -0.05) is 0 Å². The van der Waals surface area contributed by atoms with E-state index in [2.05, 4.69) is 0 Å². The number of hydrogen-bond acceptors (Lipinski definition) is 3. The van der Waals surface area contributed by atoms with Crippen LogP contribution < -0.4 is 0 Å². The third kappa shape index (κ3) is 1.56. The maximum absolute atomic E-state index is 9.77. The van der Waals surface area contributed by atoms with Gasteiger partial charge >= 0.3 is 0 Å². The van der Waals surface area contributed by atoms with Crippen LogP contribution in [0.4, 0.5) is 0 Å². The van der Waals surface area contributed by atoms with Crippen molar-refractivity contribution in [2.75, 3.05) is 0 Å². The average Bonchev–Trinajstić information content (AvgIpc) is 2.42. The first-order valence-electron chi connectivity index (χ1n) is 4.95. The SMILES string of the molecule is N#CC1(O)CC2CCC(O)CC2C1. The van der Waals surface area contributed by atoms with Crippen molar-refractivity contribution in [3.05, 3.63) is 0 Å². The zero-order chi connectivity index (χ0) is 9.47. The van der Waals surface area contributed by atoms with E-state index in [0.29, 0.717) is 24.7 Å². The van der Waals surface area contributed by atoms with Crippen molar-refractivity contribution in [3.63, 3.8) is 0 Å². The lowest BCUT2D eigenvalue weighted by Gasteiger charge is -2.28. The van der Waals surface area contributed by atoms with Crippen molar-refractivity contribution < 1.29 is 10.2 Å². The Morgan fingerprint density at radius 2 is 1.92 bits per heavy atom. The van der Waals surface area contributed by atoms with Crippen LogP contribution in [0.2, 0.25) is 0 Å². The highest BCUT2D eigenvalue weighted by molar-refractivity contribution is 5.09. The zero-order valence-electron chi connectivity index (χ0n) is 7.61. The van der Waals surface area contributed by atoms with Gasteiger partial charge in [0.25, 0.3) is 0 Å². The number of nitrogens with zero attached hydrogens (tertiary/aromatic N) is 1. The van der Waals surface area contributed by atoms with E-state index in [4.69, 9.17) is 5.26 Å². The molecule has 2 fully saturated rings. The number of nitriles is 1. The topological polar surface area (TPSA) is 64.2 Å². The van der Waals surface area contributed by atoms with E-state index in [-0.39, 0.29) is 6.10 Å². The predicted octanol–water partition coefficient (Wildman–Crippen LogP) is 0.812. The second-order valence-electron chi connectivity index (χ2n) is 4.54. The van der Waals surface area contributed by atoms with Gasteiger partial charge in [0, 0.05) is 0 Å². The summed E-state index contributed by atoms with van der Waals surface area (Å²) in [5, 5.41) is 28.0. The highest BCUT2D eigenvalue weighted by Crippen LogP contribution is 2.46. The Labute approximate surface area is 78.0 Å². The molecule has 3 heteroatoms. The van der Waals surface area contributed by atoms with E-state index in [1.165, 1.54) is 0 Å². The normalized spacial score (nSPS) is 49.8. The van der Waals surface area contributed by atoms with Gasteiger partial charge in [0.1, 0.15) is 0 Å². The van der Waals surface area contributed by atoms with E-state index in [9.17, 15) is 10.2 Å². The lowest BCUT2D eigenvalue weighted by molar-refractivity contribution is 0.0791.